The molecule has 5 nitrogen and oxygen atoms in total. The fourth-order valence-corrected chi connectivity index (χ4v) is 9.15. The molecule has 0 atom stereocenters. The van der Waals surface area contributed by atoms with Crippen LogP contribution in [0.4, 0.5) is 0 Å². The lowest BCUT2D eigenvalue weighted by Gasteiger charge is -2.13. The Kier molecular flexibility index (Phi) is 8.42. The molecule has 9 aromatic carbocycles. The molecule has 62 heavy (non-hydrogen) atoms. The Hall–Kier alpha value is -8.41. The SMILES string of the molecule is c1ccc(-c2nc(-c3ccc(-c4cccc(-c5ccccc5-c5ccccc5)c4)cc3)nc(-n3c4ccccc4c4ccc5c6ccccc6n(-c6ccccc6)c5c43)n2)cc1. The van der Waals surface area contributed by atoms with Gasteiger partial charge in [-0.2, -0.15) is 9.97 Å². The zero-order chi connectivity index (χ0) is 41.0. The summed E-state index contributed by atoms with van der Waals surface area (Å²) in [6.45, 7) is 0. The average Bonchev–Trinajstić information content (AvgIpc) is 3.88. The fraction of sp³-hybridized carbons (Fsp3) is 0. The van der Waals surface area contributed by atoms with Crippen LogP contribution in [0.2, 0.25) is 0 Å². The molecule has 0 saturated carbocycles. The van der Waals surface area contributed by atoms with Gasteiger partial charge in [0.15, 0.2) is 11.6 Å². The van der Waals surface area contributed by atoms with E-state index < -0.39 is 0 Å². The molecule has 0 bridgehead atoms. The van der Waals surface area contributed by atoms with Crippen LogP contribution in [0.1, 0.15) is 0 Å². The number of nitrogens with zero attached hydrogens (tertiary/aromatic N) is 5. The van der Waals surface area contributed by atoms with Crippen molar-refractivity contribution in [3.8, 4) is 67.8 Å². The van der Waals surface area contributed by atoms with Crippen LogP contribution >= 0.6 is 0 Å². The van der Waals surface area contributed by atoms with E-state index in [0.29, 0.717) is 17.6 Å². The fourth-order valence-electron chi connectivity index (χ4n) is 9.15. The van der Waals surface area contributed by atoms with Gasteiger partial charge in [-0.25, -0.2) is 4.98 Å². The molecular weight excluding hydrogens is 755 g/mol. The van der Waals surface area contributed by atoms with Gasteiger partial charge in [0.1, 0.15) is 0 Å². The summed E-state index contributed by atoms with van der Waals surface area (Å²) in [5.74, 6) is 1.78. The molecule has 0 saturated heterocycles. The summed E-state index contributed by atoms with van der Waals surface area (Å²) in [5.41, 5.74) is 14.3. The highest BCUT2D eigenvalue weighted by molar-refractivity contribution is 6.23. The molecule has 5 heteroatoms. The van der Waals surface area contributed by atoms with Gasteiger partial charge in [-0.1, -0.05) is 194 Å². The lowest BCUT2D eigenvalue weighted by atomic mass is 9.92. The van der Waals surface area contributed by atoms with Crippen molar-refractivity contribution in [2.75, 3.05) is 0 Å². The Morgan fingerprint density at radius 1 is 0.274 bits per heavy atom. The highest BCUT2D eigenvalue weighted by atomic mass is 15.2. The van der Waals surface area contributed by atoms with E-state index in [9.17, 15) is 0 Å². The van der Waals surface area contributed by atoms with E-state index >= 15 is 0 Å². The normalized spacial score (nSPS) is 11.5. The molecule has 3 heterocycles. The van der Waals surface area contributed by atoms with Crippen molar-refractivity contribution in [2.24, 2.45) is 0 Å². The summed E-state index contributed by atoms with van der Waals surface area (Å²) < 4.78 is 4.63. The number of rotatable bonds is 7. The molecule has 3 aromatic heterocycles. The van der Waals surface area contributed by atoms with Crippen LogP contribution in [-0.2, 0) is 0 Å². The van der Waals surface area contributed by atoms with Crippen LogP contribution < -0.4 is 0 Å². The molecule has 12 aromatic rings. The van der Waals surface area contributed by atoms with Crippen molar-refractivity contribution in [1.29, 1.82) is 0 Å². The van der Waals surface area contributed by atoms with Crippen LogP contribution in [0.5, 0.6) is 0 Å². The van der Waals surface area contributed by atoms with Crippen LogP contribution in [-0.4, -0.2) is 24.1 Å². The molecular formula is C57H37N5. The molecule has 0 spiro atoms. The van der Waals surface area contributed by atoms with Crippen molar-refractivity contribution < 1.29 is 0 Å². The minimum Gasteiger partial charge on any atom is -0.307 e. The number of fused-ring (bicyclic) bond motifs is 7. The van der Waals surface area contributed by atoms with Gasteiger partial charge in [0.25, 0.3) is 0 Å². The first kappa shape index (κ1) is 35.5. The largest absolute Gasteiger partial charge is 0.307 e. The summed E-state index contributed by atoms with van der Waals surface area (Å²) in [4.78, 5) is 15.8. The average molecular weight is 792 g/mol. The Morgan fingerprint density at radius 2 is 0.726 bits per heavy atom. The van der Waals surface area contributed by atoms with Crippen LogP contribution in [0, 0.1) is 0 Å². The third-order valence-corrected chi connectivity index (χ3v) is 12.0. The van der Waals surface area contributed by atoms with E-state index in [1.165, 1.54) is 33.0 Å². The molecule has 0 aliphatic rings. The van der Waals surface area contributed by atoms with Crippen LogP contribution in [0.25, 0.3) is 111 Å². The standard InChI is InChI=1S/C57H37N5/c1-4-17-39(18-5-1)45-25-10-11-26-46(45)43-22-16-21-42(37-43)38-31-33-41(34-32-38)56-58-55(40-19-6-2-7-20-40)59-57(60-56)62-52-30-15-13-28-48(52)50-36-35-49-47-27-12-14-29-51(47)61(53(49)54(50)62)44-23-8-3-9-24-44/h1-37H. The van der Waals surface area contributed by atoms with E-state index in [-0.39, 0.29) is 0 Å². The van der Waals surface area contributed by atoms with Crippen molar-refractivity contribution in [3.63, 3.8) is 0 Å². The Balaban J connectivity index is 1.04. The van der Waals surface area contributed by atoms with Crippen LogP contribution in [0.3, 0.4) is 0 Å². The van der Waals surface area contributed by atoms with Gasteiger partial charge < -0.3 is 4.57 Å². The third kappa shape index (κ3) is 5.90. The maximum absolute atomic E-state index is 5.36. The number of hydrogen-bond acceptors (Lipinski definition) is 3. The maximum Gasteiger partial charge on any atom is 0.238 e. The topological polar surface area (TPSA) is 48.5 Å². The number of hydrogen-bond donors (Lipinski definition) is 0. The zero-order valence-corrected chi connectivity index (χ0v) is 33.6. The lowest BCUT2D eigenvalue weighted by molar-refractivity contribution is 0.953. The zero-order valence-electron chi connectivity index (χ0n) is 33.6. The summed E-state index contributed by atoms with van der Waals surface area (Å²) >= 11 is 0. The first-order valence-electron chi connectivity index (χ1n) is 21.0. The minimum absolute atomic E-state index is 0.561. The smallest absolute Gasteiger partial charge is 0.238 e. The first-order valence-corrected chi connectivity index (χ1v) is 21.0. The molecule has 0 N–H and O–H groups in total. The summed E-state index contributed by atoms with van der Waals surface area (Å²) in [6, 6.07) is 79.2. The van der Waals surface area contributed by atoms with Gasteiger partial charge in [0, 0.05) is 38.4 Å². The first-order chi connectivity index (χ1) is 30.8. The van der Waals surface area contributed by atoms with E-state index in [1.54, 1.807) is 0 Å². The monoisotopic (exact) mass is 791 g/mol. The molecule has 0 radical (unpaired) electrons. The van der Waals surface area contributed by atoms with Crippen molar-refractivity contribution in [3.05, 3.63) is 224 Å². The molecule has 12 rings (SSSR count). The second-order valence-corrected chi connectivity index (χ2v) is 15.6. The molecule has 0 fully saturated rings. The minimum atomic E-state index is 0.561. The Labute approximate surface area is 358 Å². The van der Waals surface area contributed by atoms with Crippen LogP contribution in [0.15, 0.2) is 224 Å². The summed E-state index contributed by atoms with van der Waals surface area (Å²) in [5, 5.41) is 4.63. The van der Waals surface area contributed by atoms with Crippen molar-refractivity contribution in [2.45, 2.75) is 0 Å². The van der Waals surface area contributed by atoms with E-state index in [4.69, 9.17) is 15.0 Å². The van der Waals surface area contributed by atoms with Gasteiger partial charge in [-0.3, -0.25) is 4.57 Å². The highest BCUT2D eigenvalue weighted by Gasteiger charge is 2.23. The number of para-hydroxylation sites is 3. The molecule has 0 unspecified atom stereocenters. The highest BCUT2D eigenvalue weighted by Crippen LogP contribution is 2.42. The molecule has 0 aliphatic carbocycles. The number of benzene rings is 9. The second kappa shape index (κ2) is 14.7. The maximum atomic E-state index is 5.36. The van der Waals surface area contributed by atoms with Gasteiger partial charge >= 0.3 is 0 Å². The molecule has 0 aliphatic heterocycles. The summed E-state index contributed by atoms with van der Waals surface area (Å²) in [6.07, 6.45) is 0. The Bertz CT molecular complexity index is 3610. The van der Waals surface area contributed by atoms with E-state index in [0.717, 1.165) is 60.8 Å². The quantitative estimate of drug-likeness (QED) is 0.162. The van der Waals surface area contributed by atoms with Crippen molar-refractivity contribution >= 4 is 43.6 Å². The lowest BCUT2D eigenvalue weighted by Crippen LogP contribution is -2.07. The third-order valence-electron chi connectivity index (χ3n) is 12.0. The van der Waals surface area contributed by atoms with Crippen molar-refractivity contribution in [1.82, 2.24) is 24.1 Å². The molecule has 290 valence electrons. The van der Waals surface area contributed by atoms with Gasteiger partial charge in [0.05, 0.1) is 22.1 Å². The second-order valence-electron chi connectivity index (χ2n) is 15.6. The molecule has 0 amide bonds. The van der Waals surface area contributed by atoms with E-state index in [1.807, 2.05) is 18.2 Å². The Morgan fingerprint density at radius 3 is 1.37 bits per heavy atom. The van der Waals surface area contributed by atoms with Gasteiger partial charge in [0.2, 0.25) is 5.95 Å². The summed E-state index contributed by atoms with van der Waals surface area (Å²) in [7, 11) is 0. The van der Waals surface area contributed by atoms with Gasteiger partial charge in [-0.15, -0.1) is 0 Å². The predicted molar refractivity (Wildman–Crippen MR) is 256 cm³/mol. The predicted octanol–water partition coefficient (Wildman–Crippen LogP) is 14.4. The van der Waals surface area contributed by atoms with Gasteiger partial charge in [-0.05, 0) is 63.7 Å². The van der Waals surface area contributed by atoms with E-state index in [2.05, 4.69) is 215 Å². The number of aromatic nitrogens is 5.